The van der Waals surface area contributed by atoms with Gasteiger partial charge in [-0.3, -0.25) is 9.36 Å². The predicted molar refractivity (Wildman–Crippen MR) is 153 cm³/mol. The van der Waals surface area contributed by atoms with E-state index in [0.29, 0.717) is 6.54 Å². The molecule has 0 atom stereocenters. The number of aryl methyl sites for hydroxylation is 1. The van der Waals surface area contributed by atoms with E-state index in [-0.39, 0.29) is 5.56 Å². The zero-order valence-electron chi connectivity index (χ0n) is 20.6. The van der Waals surface area contributed by atoms with E-state index in [0.717, 1.165) is 42.1 Å². The number of hydrogen-bond donors (Lipinski definition) is 0. The Morgan fingerprint density at radius 1 is 1.06 bits per heavy atom. The lowest BCUT2D eigenvalue weighted by Crippen LogP contribution is -2.35. The zero-order chi connectivity index (χ0) is 25.0. The van der Waals surface area contributed by atoms with Gasteiger partial charge in [-0.15, -0.1) is 11.3 Å². The van der Waals surface area contributed by atoms with Crippen LogP contribution in [-0.4, -0.2) is 18.7 Å². The van der Waals surface area contributed by atoms with Crippen molar-refractivity contribution in [2.75, 3.05) is 19.1 Å². The van der Waals surface area contributed by atoms with E-state index >= 15 is 0 Å². The van der Waals surface area contributed by atoms with Crippen molar-refractivity contribution in [2.45, 2.75) is 31.8 Å². The van der Waals surface area contributed by atoms with Crippen LogP contribution in [0.25, 0.3) is 32.1 Å². The van der Waals surface area contributed by atoms with E-state index in [9.17, 15) is 4.79 Å². The maximum absolute atomic E-state index is 13.6. The summed E-state index contributed by atoms with van der Waals surface area (Å²) in [4.78, 5) is 16.8. The van der Waals surface area contributed by atoms with Gasteiger partial charge in [-0.1, -0.05) is 47.4 Å². The third kappa shape index (κ3) is 3.58. The topological polar surface area (TPSA) is 38.4 Å². The molecule has 0 saturated carbocycles. The molecule has 1 aliphatic heterocycles. The molecule has 0 saturated heterocycles. The van der Waals surface area contributed by atoms with Gasteiger partial charge in [0.25, 0.3) is 10.6 Å². The Hall–Kier alpha value is -3.07. The van der Waals surface area contributed by atoms with Gasteiger partial charge in [-0.25, -0.2) is 0 Å². The van der Waals surface area contributed by atoms with Gasteiger partial charge in [0.2, 0.25) is 5.52 Å². The first kappa shape index (κ1) is 23.3. The zero-order valence-corrected chi connectivity index (χ0v) is 23.0. The predicted octanol–water partition coefficient (Wildman–Crippen LogP) is 4.75. The van der Waals surface area contributed by atoms with Crippen molar-refractivity contribution in [3.05, 3.63) is 79.2 Å². The highest BCUT2D eigenvalue weighted by atomic mass is 32.2. The molecule has 0 fully saturated rings. The van der Waals surface area contributed by atoms with Crippen LogP contribution in [0.3, 0.4) is 0 Å². The van der Waals surface area contributed by atoms with Gasteiger partial charge >= 0.3 is 0 Å². The Labute approximate surface area is 221 Å². The first-order valence-corrected chi connectivity index (χ1v) is 14.4. The second-order valence-electron chi connectivity index (χ2n) is 8.58. The van der Waals surface area contributed by atoms with Crippen molar-refractivity contribution >= 4 is 72.2 Å². The number of fused-ring (bicyclic) bond motifs is 4. The normalized spacial score (nSPS) is 15.3. The van der Waals surface area contributed by atoms with E-state index in [1.807, 2.05) is 30.7 Å². The maximum atomic E-state index is 13.6. The van der Waals surface area contributed by atoms with Crippen molar-refractivity contribution in [1.29, 1.82) is 0 Å². The van der Waals surface area contributed by atoms with Crippen LogP contribution in [0, 0.1) is 0 Å². The lowest BCUT2D eigenvalue weighted by Gasteiger charge is -2.13. The molecule has 0 amide bonds. The number of anilines is 1. The number of benzene rings is 3. The van der Waals surface area contributed by atoms with Crippen LogP contribution in [0.4, 0.5) is 5.69 Å². The molecule has 0 unspecified atom stereocenters. The Balaban J connectivity index is 1.57. The molecule has 6 rings (SSSR count). The highest BCUT2D eigenvalue weighted by Crippen LogP contribution is 2.46. The third-order valence-corrected chi connectivity index (χ3v) is 10.3. The fraction of sp³-hybridized carbons (Fsp3) is 0.214. The minimum atomic E-state index is 0.0671. The summed E-state index contributed by atoms with van der Waals surface area (Å²) < 4.78 is 12.7. The molecule has 8 heteroatoms. The summed E-state index contributed by atoms with van der Waals surface area (Å²) in [5, 5.41) is 4.65. The minimum Gasteiger partial charge on any atom is -0.497 e. The quantitative estimate of drug-likeness (QED) is 0.313. The van der Waals surface area contributed by atoms with Crippen LogP contribution in [-0.2, 0) is 13.1 Å². The van der Waals surface area contributed by atoms with Gasteiger partial charge in [0.15, 0.2) is 0 Å². The van der Waals surface area contributed by atoms with Crippen LogP contribution in [0.2, 0.25) is 0 Å². The van der Waals surface area contributed by atoms with Gasteiger partial charge in [0, 0.05) is 36.0 Å². The van der Waals surface area contributed by atoms with Crippen LogP contribution < -0.4 is 29.0 Å². The standard InChI is InChI=1S/C28H26N3O2S3/c1-5-30-20-13-11-17-9-7-8-10-19(17)25(20)35-23(30)16-24-31(6-2)27(32)26(36-24)28-29(3)21-15-18(33-4)12-14-22(21)34-28/h7-16H,5-6H2,1-4H3/q+1/b28-26-. The molecule has 0 aliphatic carbocycles. The lowest BCUT2D eigenvalue weighted by molar-refractivity contribution is -0.665. The number of ether oxygens (including phenoxy) is 1. The first-order valence-electron chi connectivity index (χ1n) is 11.9. The number of aromatic nitrogens is 2. The Bertz CT molecular complexity index is 1830. The van der Waals surface area contributed by atoms with Gasteiger partial charge < -0.3 is 9.64 Å². The second kappa shape index (κ2) is 9.10. The van der Waals surface area contributed by atoms with Crippen molar-refractivity contribution in [3.8, 4) is 5.75 Å². The summed E-state index contributed by atoms with van der Waals surface area (Å²) in [5.41, 5.74) is 2.37. The molecule has 36 heavy (non-hydrogen) atoms. The molecule has 0 bridgehead atoms. The minimum absolute atomic E-state index is 0.0671. The molecule has 5 nitrogen and oxygen atoms in total. The summed E-state index contributed by atoms with van der Waals surface area (Å²) in [7, 11) is 3.70. The average molecular weight is 533 g/mol. The second-order valence-corrected chi connectivity index (χ2v) is 11.7. The van der Waals surface area contributed by atoms with Gasteiger partial charge in [-0.2, -0.15) is 4.57 Å². The van der Waals surface area contributed by atoms with Crippen LogP contribution >= 0.6 is 34.4 Å². The van der Waals surface area contributed by atoms with E-state index < -0.39 is 0 Å². The largest absolute Gasteiger partial charge is 0.497 e. The maximum Gasteiger partial charge on any atom is 0.271 e. The molecule has 1 aliphatic rings. The number of rotatable bonds is 4. The Kier molecular flexibility index (Phi) is 5.90. The molecule has 182 valence electrons. The van der Waals surface area contributed by atoms with Crippen LogP contribution in [0.1, 0.15) is 18.9 Å². The average Bonchev–Trinajstić information content (AvgIpc) is 3.54. The summed E-state index contributed by atoms with van der Waals surface area (Å²) >= 11 is 5.02. The molecule has 2 aromatic heterocycles. The smallest absolute Gasteiger partial charge is 0.271 e. The summed E-state index contributed by atoms with van der Waals surface area (Å²) in [6.07, 6.45) is 2.19. The summed E-state index contributed by atoms with van der Waals surface area (Å²) in [6, 6.07) is 19.0. The SMILES string of the molecule is CCn1c(=Cc2sc3c4ccccc4ccc3[n+]2CC)s/c(=C2\Sc3ccc(OC)cc3N2C)c1=O. The summed E-state index contributed by atoms with van der Waals surface area (Å²) in [5.74, 6) is 0.815. The van der Waals surface area contributed by atoms with Gasteiger partial charge in [-0.05, 0) is 37.4 Å². The van der Waals surface area contributed by atoms with E-state index in [1.165, 1.54) is 21.0 Å². The molecule has 3 aromatic carbocycles. The molecule has 3 heterocycles. The molecule has 0 radical (unpaired) electrons. The van der Waals surface area contributed by atoms with Gasteiger partial charge in [0.1, 0.15) is 31.2 Å². The molecular formula is C28H26N3O2S3+. The van der Waals surface area contributed by atoms with Crippen molar-refractivity contribution in [1.82, 2.24) is 4.57 Å². The monoisotopic (exact) mass is 532 g/mol. The van der Waals surface area contributed by atoms with Crippen LogP contribution in [0.15, 0.2) is 64.3 Å². The number of nitrogens with zero attached hydrogens (tertiary/aromatic N) is 3. The molecular weight excluding hydrogens is 507 g/mol. The van der Waals surface area contributed by atoms with E-state index in [4.69, 9.17) is 4.74 Å². The van der Waals surface area contributed by atoms with Crippen molar-refractivity contribution in [2.24, 2.45) is 0 Å². The van der Waals surface area contributed by atoms with E-state index in [2.05, 4.69) is 64.9 Å². The fourth-order valence-electron chi connectivity index (χ4n) is 4.79. The molecule has 0 spiro atoms. The first-order chi connectivity index (χ1) is 17.5. The highest BCUT2D eigenvalue weighted by Gasteiger charge is 2.26. The molecule has 0 N–H and O–H groups in total. The third-order valence-electron chi connectivity index (χ3n) is 6.65. The van der Waals surface area contributed by atoms with Crippen molar-refractivity contribution < 1.29 is 9.30 Å². The van der Waals surface area contributed by atoms with E-state index in [1.54, 1.807) is 41.5 Å². The van der Waals surface area contributed by atoms with Crippen molar-refractivity contribution in [3.63, 3.8) is 0 Å². The lowest BCUT2D eigenvalue weighted by atomic mass is 10.1. The highest BCUT2D eigenvalue weighted by molar-refractivity contribution is 8.08. The fourth-order valence-corrected chi connectivity index (χ4v) is 8.59. The van der Waals surface area contributed by atoms with Gasteiger partial charge in [0.05, 0.1) is 18.9 Å². The molecule has 5 aromatic rings. The van der Waals surface area contributed by atoms with Crippen LogP contribution in [0.5, 0.6) is 5.75 Å². The number of hydrogen-bond acceptors (Lipinski definition) is 6. The number of thioether (sulfide) groups is 1. The number of thiazole rings is 2. The summed E-state index contributed by atoms with van der Waals surface area (Å²) in [6.45, 7) is 5.71. The Morgan fingerprint density at radius 2 is 1.89 bits per heavy atom. The Morgan fingerprint density at radius 3 is 2.67 bits per heavy atom. The number of methoxy groups -OCH3 is 1.